The second kappa shape index (κ2) is 9.59. The predicted molar refractivity (Wildman–Crippen MR) is 103 cm³/mol. The van der Waals surface area contributed by atoms with Gasteiger partial charge in [-0.2, -0.15) is 0 Å². The predicted octanol–water partition coefficient (Wildman–Crippen LogP) is 4.37. The van der Waals surface area contributed by atoms with Crippen LogP contribution in [-0.4, -0.2) is 24.5 Å². The summed E-state index contributed by atoms with van der Waals surface area (Å²) in [5.74, 6) is 0.642. The first-order chi connectivity index (χ1) is 11.6. The van der Waals surface area contributed by atoms with E-state index in [-0.39, 0.29) is 5.91 Å². The van der Waals surface area contributed by atoms with Gasteiger partial charge >= 0.3 is 0 Å². The number of amides is 1. The van der Waals surface area contributed by atoms with Crippen molar-refractivity contribution in [3.8, 4) is 5.75 Å². The summed E-state index contributed by atoms with van der Waals surface area (Å²) >= 11 is 5.12. The van der Waals surface area contributed by atoms with Crippen LogP contribution in [0.25, 0.3) is 6.08 Å². The number of aryl methyl sites for hydroxylation is 2. The van der Waals surface area contributed by atoms with Gasteiger partial charge in [0.25, 0.3) is 0 Å². The van der Waals surface area contributed by atoms with Crippen molar-refractivity contribution in [2.45, 2.75) is 26.2 Å². The minimum Gasteiger partial charge on any atom is -0.496 e. The van der Waals surface area contributed by atoms with E-state index in [0.717, 1.165) is 40.7 Å². The van der Waals surface area contributed by atoms with E-state index in [2.05, 4.69) is 31.6 Å². The molecule has 1 amide bonds. The maximum atomic E-state index is 11.9. The number of methoxy groups -OCH3 is 1. The molecule has 0 aliphatic carbocycles. The molecule has 1 aromatic carbocycles. The van der Waals surface area contributed by atoms with Crippen LogP contribution in [-0.2, 0) is 11.2 Å². The maximum absolute atomic E-state index is 11.9. The quantitative estimate of drug-likeness (QED) is 0.520. The number of aromatic nitrogens is 1. The molecule has 1 N–H and O–H groups in total. The Morgan fingerprint density at radius 2 is 2.25 bits per heavy atom. The minimum atomic E-state index is -0.0953. The summed E-state index contributed by atoms with van der Waals surface area (Å²) < 4.78 is 6.23. The van der Waals surface area contributed by atoms with E-state index >= 15 is 0 Å². The van der Waals surface area contributed by atoms with Crippen molar-refractivity contribution >= 4 is 39.2 Å². The molecule has 0 fully saturated rings. The van der Waals surface area contributed by atoms with E-state index in [4.69, 9.17) is 4.74 Å². The average Bonchev–Trinajstić information content (AvgIpc) is 2.98. The Balaban J connectivity index is 1.72. The van der Waals surface area contributed by atoms with E-state index in [0.29, 0.717) is 6.54 Å². The normalized spacial score (nSPS) is 11.0. The zero-order chi connectivity index (χ0) is 17.4. The van der Waals surface area contributed by atoms with Gasteiger partial charge in [0, 0.05) is 33.7 Å². The van der Waals surface area contributed by atoms with Gasteiger partial charge in [0.05, 0.1) is 12.1 Å². The highest BCUT2D eigenvalue weighted by Gasteiger charge is 2.02. The van der Waals surface area contributed by atoms with Crippen LogP contribution in [0.15, 0.2) is 34.1 Å². The summed E-state index contributed by atoms with van der Waals surface area (Å²) in [4.78, 5) is 16.3. The molecule has 0 unspecified atom stereocenters. The SMILES string of the molecule is COc1ccc(Br)cc1/C=C/C(=O)NCCCCc1nc(C)cs1. The molecule has 0 aliphatic heterocycles. The van der Waals surface area contributed by atoms with Crippen molar-refractivity contribution in [2.24, 2.45) is 0 Å². The molecule has 0 saturated heterocycles. The zero-order valence-electron chi connectivity index (χ0n) is 13.8. The number of rotatable bonds is 8. The summed E-state index contributed by atoms with van der Waals surface area (Å²) in [6, 6.07) is 5.68. The molecule has 0 aliphatic rings. The molecule has 2 aromatic rings. The molecule has 0 atom stereocenters. The third kappa shape index (κ3) is 6.09. The zero-order valence-corrected chi connectivity index (χ0v) is 16.2. The Morgan fingerprint density at radius 1 is 1.42 bits per heavy atom. The smallest absolute Gasteiger partial charge is 0.244 e. The summed E-state index contributed by atoms with van der Waals surface area (Å²) in [6.45, 7) is 2.68. The van der Waals surface area contributed by atoms with Gasteiger partial charge in [-0.25, -0.2) is 4.98 Å². The minimum absolute atomic E-state index is 0.0953. The number of carbonyl (C=O) groups excluding carboxylic acids is 1. The number of ether oxygens (including phenoxy) is 1. The first-order valence-corrected chi connectivity index (χ1v) is 9.46. The molecule has 0 bridgehead atoms. The van der Waals surface area contributed by atoms with Crippen LogP contribution < -0.4 is 10.1 Å². The van der Waals surface area contributed by atoms with Crippen molar-refractivity contribution < 1.29 is 9.53 Å². The Kier molecular flexibility index (Phi) is 7.46. The molecule has 0 saturated carbocycles. The molecule has 0 radical (unpaired) electrons. The Morgan fingerprint density at radius 3 is 2.96 bits per heavy atom. The first-order valence-electron chi connectivity index (χ1n) is 7.79. The topological polar surface area (TPSA) is 51.2 Å². The maximum Gasteiger partial charge on any atom is 0.244 e. The number of nitrogens with zero attached hydrogens (tertiary/aromatic N) is 1. The molecule has 6 heteroatoms. The highest BCUT2D eigenvalue weighted by atomic mass is 79.9. The van der Waals surface area contributed by atoms with Gasteiger partial charge in [-0.3, -0.25) is 4.79 Å². The van der Waals surface area contributed by atoms with Crippen LogP contribution in [0.5, 0.6) is 5.75 Å². The number of hydrogen-bond donors (Lipinski definition) is 1. The molecular formula is C18H21BrN2O2S. The van der Waals surface area contributed by atoms with Crippen molar-refractivity contribution in [2.75, 3.05) is 13.7 Å². The lowest BCUT2D eigenvalue weighted by Gasteiger charge is -2.05. The van der Waals surface area contributed by atoms with Gasteiger partial charge in [-0.15, -0.1) is 11.3 Å². The van der Waals surface area contributed by atoms with Crippen LogP contribution >= 0.6 is 27.3 Å². The highest BCUT2D eigenvalue weighted by Crippen LogP contribution is 2.24. The Labute approximate surface area is 155 Å². The number of hydrogen-bond acceptors (Lipinski definition) is 4. The second-order valence-electron chi connectivity index (χ2n) is 5.35. The van der Waals surface area contributed by atoms with Crippen LogP contribution in [0.2, 0.25) is 0 Å². The third-order valence-electron chi connectivity index (χ3n) is 3.39. The largest absolute Gasteiger partial charge is 0.496 e. The van der Waals surface area contributed by atoms with Crippen LogP contribution in [0, 0.1) is 6.92 Å². The fourth-order valence-electron chi connectivity index (χ4n) is 2.19. The van der Waals surface area contributed by atoms with Gasteiger partial charge in [0.1, 0.15) is 5.75 Å². The Hall–Kier alpha value is -1.66. The van der Waals surface area contributed by atoms with Crippen LogP contribution in [0.1, 0.15) is 29.1 Å². The molecule has 4 nitrogen and oxygen atoms in total. The van der Waals surface area contributed by atoms with Crippen molar-refractivity contribution in [1.82, 2.24) is 10.3 Å². The monoisotopic (exact) mass is 408 g/mol. The highest BCUT2D eigenvalue weighted by molar-refractivity contribution is 9.10. The lowest BCUT2D eigenvalue weighted by atomic mass is 10.2. The van der Waals surface area contributed by atoms with Crippen molar-refractivity contribution in [3.05, 3.63) is 50.4 Å². The van der Waals surface area contributed by atoms with Gasteiger partial charge in [-0.1, -0.05) is 15.9 Å². The average molecular weight is 409 g/mol. The van der Waals surface area contributed by atoms with Crippen molar-refractivity contribution in [1.29, 1.82) is 0 Å². The summed E-state index contributed by atoms with van der Waals surface area (Å²) in [5, 5.41) is 6.14. The molecule has 0 spiro atoms. The van der Waals surface area contributed by atoms with Crippen LogP contribution in [0.3, 0.4) is 0 Å². The number of unbranched alkanes of at least 4 members (excludes halogenated alkanes) is 1. The van der Waals surface area contributed by atoms with E-state index in [1.54, 1.807) is 24.5 Å². The van der Waals surface area contributed by atoms with E-state index in [1.807, 2.05) is 25.1 Å². The first kappa shape index (κ1) is 18.7. The number of benzene rings is 1. The van der Waals surface area contributed by atoms with E-state index < -0.39 is 0 Å². The molecule has 2 rings (SSSR count). The van der Waals surface area contributed by atoms with E-state index in [1.165, 1.54) is 11.1 Å². The van der Waals surface area contributed by atoms with Gasteiger partial charge in [0.2, 0.25) is 5.91 Å². The van der Waals surface area contributed by atoms with Crippen LogP contribution in [0.4, 0.5) is 0 Å². The third-order valence-corrected chi connectivity index (χ3v) is 4.91. The molecule has 1 heterocycles. The fraction of sp³-hybridized carbons (Fsp3) is 0.333. The molecule has 24 heavy (non-hydrogen) atoms. The number of thiazole rings is 1. The molecule has 128 valence electrons. The van der Waals surface area contributed by atoms with Crippen molar-refractivity contribution in [3.63, 3.8) is 0 Å². The summed E-state index contributed by atoms with van der Waals surface area (Å²) in [5.41, 5.74) is 1.94. The van der Waals surface area contributed by atoms with Gasteiger partial charge in [-0.05, 0) is 50.5 Å². The molecule has 1 aromatic heterocycles. The van der Waals surface area contributed by atoms with Gasteiger partial charge in [0.15, 0.2) is 0 Å². The van der Waals surface area contributed by atoms with E-state index in [9.17, 15) is 4.79 Å². The second-order valence-corrected chi connectivity index (χ2v) is 7.21. The summed E-state index contributed by atoms with van der Waals surface area (Å²) in [6.07, 6.45) is 6.24. The lowest BCUT2D eigenvalue weighted by molar-refractivity contribution is -0.116. The van der Waals surface area contributed by atoms with Gasteiger partial charge < -0.3 is 10.1 Å². The Bertz CT molecular complexity index is 713. The number of nitrogens with one attached hydrogen (secondary N) is 1. The molecular weight excluding hydrogens is 388 g/mol. The lowest BCUT2D eigenvalue weighted by Crippen LogP contribution is -2.22. The number of halogens is 1. The fourth-order valence-corrected chi connectivity index (χ4v) is 3.39. The number of carbonyl (C=O) groups is 1. The standard InChI is InChI=1S/C18H21BrN2O2S/c1-13-12-24-18(21-13)5-3-4-10-20-17(22)9-6-14-11-15(19)7-8-16(14)23-2/h6-9,11-12H,3-5,10H2,1-2H3,(H,20,22)/b9-6+. The summed E-state index contributed by atoms with van der Waals surface area (Å²) in [7, 11) is 1.62.